The maximum Gasteiger partial charge on any atom is 0.162 e. The van der Waals surface area contributed by atoms with E-state index < -0.39 is 11.6 Å². The third-order valence-electron chi connectivity index (χ3n) is 4.81. The van der Waals surface area contributed by atoms with Gasteiger partial charge in [-0.3, -0.25) is 4.31 Å². The van der Waals surface area contributed by atoms with E-state index in [4.69, 9.17) is 11.6 Å². The zero-order valence-corrected chi connectivity index (χ0v) is 17.7. The Labute approximate surface area is 185 Å². The quantitative estimate of drug-likeness (QED) is 0.386. The molecule has 4 aromatic rings. The molecule has 2 N–H and O–H groups in total. The molecule has 0 saturated carbocycles. The predicted molar refractivity (Wildman–Crippen MR) is 119 cm³/mol. The SMILES string of the molecule is CC(Nc1ncnc2[nH]cnc12)C1=Cc2cccc(Cl)c2SN1c1cc(F)cc(F)c1. The molecule has 0 aliphatic carbocycles. The lowest BCUT2D eigenvalue weighted by Gasteiger charge is -2.34. The van der Waals surface area contributed by atoms with Crippen molar-refractivity contribution < 1.29 is 8.78 Å². The Kier molecular flexibility index (Phi) is 4.99. The maximum absolute atomic E-state index is 14.0. The Hall–Kier alpha value is -3.17. The first-order valence-corrected chi connectivity index (χ1v) is 10.5. The third-order valence-corrected chi connectivity index (χ3v) is 6.48. The first kappa shape index (κ1) is 19.8. The molecule has 1 aliphatic rings. The van der Waals surface area contributed by atoms with Crippen molar-refractivity contribution in [3.8, 4) is 0 Å². The zero-order valence-electron chi connectivity index (χ0n) is 16.1. The lowest BCUT2D eigenvalue weighted by atomic mass is 10.1. The molecular formula is C21H15ClF2N6S. The molecule has 0 fully saturated rings. The van der Waals surface area contributed by atoms with Gasteiger partial charge >= 0.3 is 0 Å². The van der Waals surface area contributed by atoms with Crippen molar-refractivity contribution >= 4 is 52.3 Å². The average molecular weight is 457 g/mol. The van der Waals surface area contributed by atoms with Crippen molar-refractivity contribution in [2.24, 2.45) is 0 Å². The fourth-order valence-electron chi connectivity index (χ4n) is 3.41. The molecule has 1 atom stereocenters. The van der Waals surface area contributed by atoms with Crippen molar-refractivity contribution in [2.75, 3.05) is 9.62 Å². The lowest BCUT2D eigenvalue weighted by Crippen LogP contribution is -2.30. The molecule has 6 nitrogen and oxygen atoms in total. The molecule has 0 amide bonds. The summed E-state index contributed by atoms with van der Waals surface area (Å²) in [7, 11) is 0. The van der Waals surface area contributed by atoms with E-state index in [1.54, 1.807) is 16.7 Å². The number of imidazole rings is 1. The Morgan fingerprint density at radius 3 is 2.74 bits per heavy atom. The summed E-state index contributed by atoms with van der Waals surface area (Å²) in [6, 6.07) is 8.72. The highest BCUT2D eigenvalue weighted by atomic mass is 35.5. The average Bonchev–Trinajstić information content (AvgIpc) is 3.22. The number of hydrogen-bond acceptors (Lipinski definition) is 6. The van der Waals surface area contributed by atoms with Gasteiger partial charge in [-0.15, -0.1) is 0 Å². The predicted octanol–water partition coefficient (Wildman–Crippen LogP) is 5.65. The summed E-state index contributed by atoms with van der Waals surface area (Å²) < 4.78 is 29.8. The van der Waals surface area contributed by atoms with E-state index in [0.717, 1.165) is 22.2 Å². The molecule has 1 aliphatic heterocycles. The van der Waals surface area contributed by atoms with Crippen LogP contribution < -0.4 is 9.62 Å². The van der Waals surface area contributed by atoms with Crippen LogP contribution in [0.15, 0.2) is 59.6 Å². The molecular weight excluding hydrogens is 442 g/mol. The Bertz CT molecular complexity index is 1300. The molecule has 2 aromatic carbocycles. The van der Waals surface area contributed by atoms with Crippen LogP contribution in [-0.2, 0) is 0 Å². The van der Waals surface area contributed by atoms with Crippen LogP contribution in [0.1, 0.15) is 12.5 Å². The number of nitrogens with one attached hydrogen (secondary N) is 2. The van der Waals surface area contributed by atoms with E-state index >= 15 is 0 Å². The van der Waals surface area contributed by atoms with Gasteiger partial charge in [-0.2, -0.15) is 0 Å². The van der Waals surface area contributed by atoms with Gasteiger partial charge < -0.3 is 10.3 Å². The number of aromatic amines is 1. The highest BCUT2D eigenvalue weighted by molar-refractivity contribution is 8.01. The number of hydrogen-bond donors (Lipinski definition) is 2. The molecule has 2 aromatic heterocycles. The van der Waals surface area contributed by atoms with E-state index in [1.807, 2.05) is 25.1 Å². The second-order valence-corrected chi connectivity index (χ2v) is 8.29. The minimum Gasteiger partial charge on any atom is -0.360 e. The number of anilines is 2. The van der Waals surface area contributed by atoms with Crippen molar-refractivity contribution in [2.45, 2.75) is 17.9 Å². The highest BCUT2D eigenvalue weighted by Gasteiger charge is 2.27. The van der Waals surface area contributed by atoms with Crippen LogP contribution in [0.2, 0.25) is 5.02 Å². The van der Waals surface area contributed by atoms with Crippen LogP contribution in [0.5, 0.6) is 0 Å². The highest BCUT2D eigenvalue weighted by Crippen LogP contribution is 2.44. The summed E-state index contributed by atoms with van der Waals surface area (Å²) in [5, 5.41) is 3.90. The second-order valence-electron chi connectivity index (χ2n) is 6.93. The number of nitrogens with zero attached hydrogens (tertiary/aromatic N) is 4. The zero-order chi connectivity index (χ0) is 21.5. The van der Waals surface area contributed by atoms with Gasteiger partial charge in [-0.1, -0.05) is 23.7 Å². The molecule has 0 spiro atoms. The first-order chi connectivity index (χ1) is 15.0. The topological polar surface area (TPSA) is 69.7 Å². The summed E-state index contributed by atoms with van der Waals surface area (Å²) in [6.07, 6.45) is 4.93. The van der Waals surface area contributed by atoms with E-state index in [1.165, 1.54) is 30.4 Å². The summed E-state index contributed by atoms with van der Waals surface area (Å²) >= 11 is 7.71. The van der Waals surface area contributed by atoms with Crippen LogP contribution in [-0.4, -0.2) is 26.0 Å². The molecule has 31 heavy (non-hydrogen) atoms. The van der Waals surface area contributed by atoms with Gasteiger partial charge in [-0.25, -0.2) is 23.7 Å². The summed E-state index contributed by atoms with van der Waals surface area (Å²) in [5.41, 5.74) is 3.26. The van der Waals surface area contributed by atoms with Crippen molar-refractivity contribution in [3.05, 3.63) is 77.0 Å². The number of H-pyrrole nitrogens is 1. The van der Waals surface area contributed by atoms with Crippen molar-refractivity contribution in [3.63, 3.8) is 0 Å². The second kappa shape index (κ2) is 7.82. The van der Waals surface area contributed by atoms with E-state index in [9.17, 15) is 8.78 Å². The molecule has 10 heteroatoms. The van der Waals surface area contributed by atoms with Gasteiger partial charge in [0.15, 0.2) is 11.5 Å². The van der Waals surface area contributed by atoms with E-state index in [2.05, 4.69) is 25.3 Å². The first-order valence-electron chi connectivity index (χ1n) is 9.34. The van der Waals surface area contributed by atoms with E-state index in [0.29, 0.717) is 27.7 Å². The smallest absolute Gasteiger partial charge is 0.162 e. The Morgan fingerprint density at radius 1 is 1.13 bits per heavy atom. The van der Waals surface area contributed by atoms with Gasteiger partial charge in [0.2, 0.25) is 0 Å². The number of aromatic nitrogens is 4. The minimum atomic E-state index is -0.658. The van der Waals surface area contributed by atoms with Gasteiger partial charge in [0, 0.05) is 6.07 Å². The summed E-state index contributed by atoms with van der Waals surface area (Å²) in [4.78, 5) is 16.5. The number of benzene rings is 2. The fourth-order valence-corrected chi connectivity index (χ4v) is 4.79. The van der Waals surface area contributed by atoms with Gasteiger partial charge in [0.05, 0.1) is 33.7 Å². The largest absolute Gasteiger partial charge is 0.360 e. The normalized spacial score (nSPS) is 14.3. The van der Waals surface area contributed by atoms with Crippen LogP contribution >= 0.6 is 23.5 Å². The van der Waals surface area contributed by atoms with Crippen LogP contribution in [0.3, 0.4) is 0 Å². The molecule has 1 unspecified atom stereocenters. The fraction of sp³-hybridized carbons (Fsp3) is 0.0952. The maximum atomic E-state index is 14.0. The van der Waals surface area contributed by atoms with Gasteiger partial charge in [-0.05, 0) is 48.7 Å². The van der Waals surface area contributed by atoms with Crippen LogP contribution in [0, 0.1) is 11.6 Å². The molecule has 0 radical (unpaired) electrons. The Balaban J connectivity index is 1.59. The van der Waals surface area contributed by atoms with Crippen molar-refractivity contribution in [1.29, 1.82) is 0 Å². The molecule has 3 heterocycles. The number of rotatable bonds is 4. The Morgan fingerprint density at radius 2 is 1.94 bits per heavy atom. The molecule has 0 bridgehead atoms. The lowest BCUT2D eigenvalue weighted by molar-refractivity contribution is 0.583. The minimum absolute atomic E-state index is 0.291. The van der Waals surface area contributed by atoms with Crippen LogP contribution in [0.25, 0.3) is 17.2 Å². The summed E-state index contributed by atoms with van der Waals surface area (Å²) in [5.74, 6) is -0.768. The van der Waals surface area contributed by atoms with Gasteiger partial charge in [0.1, 0.15) is 23.5 Å². The van der Waals surface area contributed by atoms with Gasteiger partial charge in [0.25, 0.3) is 0 Å². The molecule has 156 valence electrons. The monoisotopic (exact) mass is 456 g/mol. The van der Waals surface area contributed by atoms with Crippen molar-refractivity contribution in [1.82, 2.24) is 19.9 Å². The van der Waals surface area contributed by atoms with E-state index in [-0.39, 0.29) is 6.04 Å². The third kappa shape index (κ3) is 3.70. The molecule has 0 saturated heterocycles. The number of fused-ring (bicyclic) bond motifs is 2. The standard InChI is InChI=1S/C21H15ClF2N6S/c1-11(29-21-18-20(26-9-25-18)27-10-28-21)17-5-12-3-2-4-16(22)19(12)31-30(17)15-7-13(23)6-14(24)8-15/h2-11H,1H3,(H2,25,26,27,28,29). The van der Waals surface area contributed by atoms with Crippen LogP contribution in [0.4, 0.5) is 20.3 Å². The number of halogens is 3. The molecule has 5 rings (SSSR count). The summed E-state index contributed by atoms with van der Waals surface area (Å²) in [6.45, 7) is 1.94.